The van der Waals surface area contributed by atoms with Crippen molar-refractivity contribution in [2.24, 2.45) is 5.92 Å². The molecule has 0 spiro atoms. The van der Waals surface area contributed by atoms with Gasteiger partial charge in [-0.05, 0) is 66.8 Å². The van der Waals surface area contributed by atoms with Gasteiger partial charge in [-0.15, -0.1) is 0 Å². The van der Waals surface area contributed by atoms with Crippen molar-refractivity contribution >= 4 is 11.6 Å². The van der Waals surface area contributed by atoms with Gasteiger partial charge in [-0.2, -0.15) is 0 Å². The van der Waals surface area contributed by atoms with Crippen LogP contribution in [0.25, 0.3) is 0 Å². The topological polar surface area (TPSA) is 129 Å². The van der Waals surface area contributed by atoms with Gasteiger partial charge in [0.25, 0.3) is 0 Å². The number of aryl methyl sites for hydroxylation is 1. The quantitative estimate of drug-likeness (QED) is 0.284. The number of carbonyl (C=O) groups excluding carboxylic acids is 1. The second kappa shape index (κ2) is 12.4. The monoisotopic (exact) mass is 549 g/mol. The molecule has 4 N–H and O–H groups in total. The average Bonchev–Trinajstić information content (AvgIpc) is 2.99. The van der Waals surface area contributed by atoms with Crippen LogP contribution in [0.15, 0.2) is 78.9 Å². The number of aliphatic hydroxyl groups excluding tert-OH is 4. The second-order valence-corrected chi connectivity index (χ2v) is 10.2. The molecule has 212 valence electrons. The standard InChI is InChI=1S/C31H35NO8/c1-38-22-16-12-21(13-17-22)32-26(24(30(32)37)9-5-8-19-6-3-2-4-7-19)20-10-14-23(15-11-20)39-31-29(36)28(35)27(34)25(18-33)40-31/h2-4,6-7,10-17,24-29,31,33-36H,5,8-9,18H2,1H3/t24-,25-,26-,27-,28+,29-,31+/m1/s1. The Balaban J connectivity index is 1.32. The van der Waals surface area contributed by atoms with E-state index in [0.717, 1.165) is 30.5 Å². The smallest absolute Gasteiger partial charge is 0.233 e. The first kappa shape index (κ1) is 28.1. The minimum absolute atomic E-state index is 0.0740. The molecule has 2 saturated heterocycles. The van der Waals surface area contributed by atoms with Crippen molar-refractivity contribution in [1.29, 1.82) is 0 Å². The first-order valence-electron chi connectivity index (χ1n) is 13.5. The second-order valence-electron chi connectivity index (χ2n) is 10.2. The molecule has 40 heavy (non-hydrogen) atoms. The van der Waals surface area contributed by atoms with Gasteiger partial charge in [0.2, 0.25) is 12.2 Å². The number of carbonyl (C=O) groups is 1. The fourth-order valence-electron chi connectivity index (χ4n) is 5.46. The number of ether oxygens (including phenoxy) is 3. The van der Waals surface area contributed by atoms with Crippen LogP contribution in [0.1, 0.15) is 30.0 Å². The Hall–Kier alpha value is -3.47. The summed E-state index contributed by atoms with van der Waals surface area (Å²) in [5.74, 6) is 0.977. The first-order chi connectivity index (χ1) is 19.4. The maximum atomic E-state index is 13.4. The van der Waals surface area contributed by atoms with Gasteiger partial charge < -0.3 is 39.5 Å². The van der Waals surface area contributed by atoms with E-state index in [1.54, 1.807) is 24.1 Å². The van der Waals surface area contributed by atoms with E-state index < -0.39 is 37.3 Å². The van der Waals surface area contributed by atoms with Crippen LogP contribution >= 0.6 is 0 Å². The Morgan fingerprint density at radius 1 is 0.850 bits per heavy atom. The van der Waals surface area contributed by atoms with Gasteiger partial charge >= 0.3 is 0 Å². The Bertz CT molecular complexity index is 1250. The number of rotatable bonds is 10. The van der Waals surface area contributed by atoms with Gasteiger partial charge in [0, 0.05) is 5.69 Å². The molecule has 3 aromatic carbocycles. The number of anilines is 1. The van der Waals surface area contributed by atoms with E-state index in [0.29, 0.717) is 11.5 Å². The summed E-state index contributed by atoms with van der Waals surface area (Å²) >= 11 is 0. The summed E-state index contributed by atoms with van der Waals surface area (Å²) < 4.78 is 16.5. The molecule has 9 nitrogen and oxygen atoms in total. The number of nitrogens with zero attached hydrogens (tertiary/aromatic N) is 1. The first-order valence-corrected chi connectivity index (χ1v) is 13.5. The summed E-state index contributed by atoms with van der Waals surface area (Å²) in [4.78, 5) is 15.2. The van der Waals surface area contributed by atoms with Crippen LogP contribution in [0, 0.1) is 5.92 Å². The molecule has 0 aromatic heterocycles. The number of β-lactam (4-membered cyclic amide) rings is 1. The summed E-state index contributed by atoms with van der Waals surface area (Å²) in [5, 5.41) is 39.8. The van der Waals surface area contributed by atoms with Gasteiger partial charge in [-0.25, -0.2) is 0 Å². The third kappa shape index (κ3) is 5.70. The zero-order valence-corrected chi connectivity index (χ0v) is 22.2. The van der Waals surface area contributed by atoms with E-state index in [4.69, 9.17) is 14.2 Å². The minimum atomic E-state index is -1.52. The molecule has 2 fully saturated rings. The van der Waals surface area contributed by atoms with Crippen molar-refractivity contribution < 1.29 is 39.4 Å². The summed E-state index contributed by atoms with van der Waals surface area (Å²) in [6, 6.07) is 24.6. The van der Waals surface area contributed by atoms with Crippen LogP contribution < -0.4 is 14.4 Å². The predicted octanol–water partition coefficient (Wildman–Crippen LogP) is 2.60. The number of benzene rings is 3. The molecule has 0 aliphatic carbocycles. The van der Waals surface area contributed by atoms with Gasteiger partial charge in [0.1, 0.15) is 35.9 Å². The van der Waals surface area contributed by atoms with Gasteiger partial charge in [0.05, 0.1) is 25.7 Å². The van der Waals surface area contributed by atoms with Crippen molar-refractivity contribution in [2.45, 2.75) is 56.0 Å². The zero-order valence-electron chi connectivity index (χ0n) is 22.2. The fourth-order valence-corrected chi connectivity index (χ4v) is 5.46. The zero-order chi connectivity index (χ0) is 28.2. The Kier molecular flexibility index (Phi) is 8.68. The lowest BCUT2D eigenvalue weighted by atomic mass is 9.78. The van der Waals surface area contributed by atoms with Gasteiger partial charge in [-0.1, -0.05) is 42.5 Å². The molecule has 7 atom stereocenters. The molecule has 2 aliphatic rings. The number of methoxy groups -OCH3 is 1. The lowest BCUT2D eigenvalue weighted by Crippen LogP contribution is -2.60. The average molecular weight is 550 g/mol. The van der Waals surface area contributed by atoms with Gasteiger partial charge in [-0.3, -0.25) is 4.79 Å². The van der Waals surface area contributed by atoms with Crippen LogP contribution in [0.4, 0.5) is 5.69 Å². The normalized spacial score (nSPS) is 28.2. The number of amides is 1. The molecule has 1 amide bonds. The molecule has 9 heteroatoms. The number of hydrogen-bond donors (Lipinski definition) is 4. The van der Waals surface area contributed by atoms with Crippen LogP contribution in [0.2, 0.25) is 0 Å². The largest absolute Gasteiger partial charge is 0.497 e. The molecule has 0 unspecified atom stereocenters. The van der Waals surface area contributed by atoms with E-state index in [1.807, 2.05) is 54.6 Å². The molecular formula is C31H35NO8. The summed E-state index contributed by atoms with van der Waals surface area (Å²) in [7, 11) is 1.60. The third-order valence-corrected chi connectivity index (χ3v) is 7.71. The molecule has 2 aliphatic heterocycles. The summed E-state index contributed by atoms with van der Waals surface area (Å²) in [6.45, 7) is -0.535. The predicted molar refractivity (Wildman–Crippen MR) is 147 cm³/mol. The molecule has 3 aromatic rings. The van der Waals surface area contributed by atoms with Crippen molar-refractivity contribution in [2.75, 3.05) is 18.6 Å². The van der Waals surface area contributed by atoms with E-state index in [9.17, 15) is 25.2 Å². The number of aliphatic hydroxyl groups is 4. The van der Waals surface area contributed by atoms with E-state index in [-0.39, 0.29) is 17.9 Å². The summed E-state index contributed by atoms with van der Waals surface area (Å²) in [6.07, 6.45) is -4.29. The molecule has 0 saturated carbocycles. The minimum Gasteiger partial charge on any atom is -0.497 e. The maximum absolute atomic E-state index is 13.4. The van der Waals surface area contributed by atoms with Crippen LogP contribution in [0.3, 0.4) is 0 Å². The Morgan fingerprint density at radius 2 is 1.52 bits per heavy atom. The van der Waals surface area contributed by atoms with Gasteiger partial charge in [0.15, 0.2) is 0 Å². The fraction of sp³-hybridized carbons (Fsp3) is 0.387. The van der Waals surface area contributed by atoms with E-state index >= 15 is 0 Å². The molecule has 5 rings (SSSR count). The molecule has 0 radical (unpaired) electrons. The lowest BCUT2D eigenvalue weighted by molar-refractivity contribution is -0.277. The van der Waals surface area contributed by atoms with Crippen molar-refractivity contribution in [3.8, 4) is 11.5 Å². The van der Waals surface area contributed by atoms with E-state index in [1.165, 1.54) is 5.56 Å². The summed E-state index contributed by atoms with van der Waals surface area (Å²) in [5.41, 5.74) is 2.96. The lowest BCUT2D eigenvalue weighted by Gasteiger charge is -2.48. The Labute approximate surface area is 233 Å². The van der Waals surface area contributed by atoms with Crippen LogP contribution in [-0.4, -0.2) is 70.8 Å². The molecule has 2 heterocycles. The maximum Gasteiger partial charge on any atom is 0.233 e. The van der Waals surface area contributed by atoms with Crippen LogP contribution in [0.5, 0.6) is 11.5 Å². The molecular weight excluding hydrogens is 514 g/mol. The molecule has 0 bridgehead atoms. The highest BCUT2D eigenvalue weighted by atomic mass is 16.7. The highest BCUT2D eigenvalue weighted by Gasteiger charge is 2.48. The third-order valence-electron chi connectivity index (χ3n) is 7.71. The van der Waals surface area contributed by atoms with Crippen LogP contribution in [-0.2, 0) is 16.0 Å². The van der Waals surface area contributed by atoms with E-state index in [2.05, 4.69) is 12.1 Å². The highest BCUT2D eigenvalue weighted by molar-refractivity contribution is 6.03. The SMILES string of the molecule is COc1ccc(N2C(=O)[C@H](CCCc3ccccc3)[C@H]2c2ccc(O[C@H]3O[C@H](CO)[C@@H](O)[C@H](O)[C@H]3O)cc2)cc1. The van der Waals surface area contributed by atoms with Crippen molar-refractivity contribution in [3.05, 3.63) is 90.0 Å². The number of hydrogen-bond acceptors (Lipinski definition) is 8. The van der Waals surface area contributed by atoms with Crippen molar-refractivity contribution in [1.82, 2.24) is 0 Å². The highest BCUT2D eigenvalue weighted by Crippen LogP contribution is 2.46. The van der Waals surface area contributed by atoms with Crippen molar-refractivity contribution in [3.63, 3.8) is 0 Å². The Morgan fingerprint density at radius 3 is 2.17 bits per heavy atom.